The van der Waals surface area contributed by atoms with Crippen molar-refractivity contribution in [2.75, 3.05) is 20.8 Å². The number of benzene rings is 1. The van der Waals surface area contributed by atoms with Crippen molar-refractivity contribution in [2.45, 2.75) is 51.5 Å². The van der Waals surface area contributed by atoms with E-state index in [0.717, 1.165) is 55.0 Å². The van der Waals surface area contributed by atoms with Crippen LogP contribution < -0.4 is 9.47 Å². The first kappa shape index (κ1) is 19.7. The number of carbonyl (C=O) groups is 1. The van der Waals surface area contributed by atoms with E-state index in [4.69, 9.17) is 9.47 Å². The SMILES string of the molecule is CCc1ccsc1C(=O)N1CCCCC1CCc1ccc(OC)c(OC)c1. The molecule has 4 nitrogen and oxygen atoms in total. The lowest BCUT2D eigenvalue weighted by molar-refractivity contribution is 0.0606. The van der Waals surface area contributed by atoms with Crippen LogP contribution in [0.3, 0.4) is 0 Å². The highest BCUT2D eigenvalue weighted by atomic mass is 32.1. The van der Waals surface area contributed by atoms with Gasteiger partial charge in [0.25, 0.3) is 5.91 Å². The highest BCUT2D eigenvalue weighted by Crippen LogP contribution is 2.30. The van der Waals surface area contributed by atoms with Crippen molar-refractivity contribution < 1.29 is 14.3 Å². The van der Waals surface area contributed by atoms with Crippen LogP contribution in [0, 0.1) is 0 Å². The Kier molecular flexibility index (Phi) is 6.78. The zero-order chi connectivity index (χ0) is 19.2. The summed E-state index contributed by atoms with van der Waals surface area (Å²) in [5.74, 6) is 1.73. The number of likely N-dealkylation sites (tertiary alicyclic amines) is 1. The van der Waals surface area contributed by atoms with E-state index >= 15 is 0 Å². The van der Waals surface area contributed by atoms with Gasteiger partial charge >= 0.3 is 0 Å². The van der Waals surface area contributed by atoms with Gasteiger partial charge in [0, 0.05) is 12.6 Å². The first-order valence-corrected chi connectivity index (χ1v) is 10.6. The zero-order valence-corrected chi connectivity index (χ0v) is 17.3. The van der Waals surface area contributed by atoms with Gasteiger partial charge in [-0.05, 0) is 73.2 Å². The number of amides is 1. The fourth-order valence-corrected chi connectivity index (χ4v) is 4.82. The lowest BCUT2D eigenvalue weighted by atomic mass is 9.95. The highest BCUT2D eigenvalue weighted by Gasteiger charge is 2.29. The number of carbonyl (C=O) groups excluding carboxylic acids is 1. The molecule has 1 aromatic heterocycles. The summed E-state index contributed by atoms with van der Waals surface area (Å²) in [5, 5.41) is 2.04. The molecule has 1 aromatic carbocycles. The van der Waals surface area contributed by atoms with E-state index in [1.165, 1.54) is 17.5 Å². The van der Waals surface area contributed by atoms with Crippen LogP contribution >= 0.6 is 11.3 Å². The summed E-state index contributed by atoms with van der Waals surface area (Å²) >= 11 is 1.58. The van der Waals surface area contributed by atoms with Crippen LogP contribution in [0.15, 0.2) is 29.6 Å². The van der Waals surface area contributed by atoms with Crippen LogP contribution in [0.2, 0.25) is 0 Å². The Balaban J connectivity index is 1.70. The fraction of sp³-hybridized carbons (Fsp3) is 0.500. The third kappa shape index (κ3) is 4.46. The third-order valence-corrected chi connectivity index (χ3v) is 6.37. The molecule has 3 rings (SSSR count). The van der Waals surface area contributed by atoms with Gasteiger partial charge < -0.3 is 14.4 Å². The topological polar surface area (TPSA) is 38.8 Å². The van der Waals surface area contributed by atoms with Crippen molar-refractivity contribution in [1.29, 1.82) is 0 Å². The number of thiophene rings is 1. The number of methoxy groups -OCH3 is 2. The molecule has 1 aliphatic rings. The van der Waals surface area contributed by atoms with Crippen molar-refractivity contribution in [3.63, 3.8) is 0 Å². The molecule has 0 spiro atoms. The zero-order valence-electron chi connectivity index (χ0n) is 16.5. The van der Waals surface area contributed by atoms with E-state index in [-0.39, 0.29) is 5.91 Å². The van der Waals surface area contributed by atoms with Crippen LogP contribution in [-0.2, 0) is 12.8 Å². The van der Waals surface area contributed by atoms with Gasteiger partial charge in [0.15, 0.2) is 11.5 Å². The van der Waals surface area contributed by atoms with Gasteiger partial charge in [0.2, 0.25) is 0 Å². The Morgan fingerprint density at radius 3 is 2.74 bits per heavy atom. The molecule has 1 unspecified atom stereocenters. The average Bonchev–Trinajstić information content (AvgIpc) is 3.20. The standard InChI is InChI=1S/C22H29NO3S/c1-4-17-12-14-27-21(17)22(24)23-13-6-5-7-18(23)10-8-16-9-11-19(25-2)20(15-16)26-3/h9,11-12,14-15,18H,4-8,10,13H2,1-3H3. The minimum absolute atomic E-state index is 0.221. The molecule has 0 aliphatic carbocycles. The molecule has 146 valence electrons. The smallest absolute Gasteiger partial charge is 0.264 e. The predicted molar refractivity (Wildman–Crippen MR) is 110 cm³/mol. The van der Waals surface area contributed by atoms with E-state index in [2.05, 4.69) is 24.0 Å². The highest BCUT2D eigenvalue weighted by molar-refractivity contribution is 7.12. The molecule has 1 amide bonds. The number of nitrogens with zero attached hydrogens (tertiary/aromatic N) is 1. The maximum Gasteiger partial charge on any atom is 0.264 e. The van der Waals surface area contributed by atoms with Gasteiger partial charge in [-0.1, -0.05) is 13.0 Å². The lowest BCUT2D eigenvalue weighted by Gasteiger charge is -2.36. The van der Waals surface area contributed by atoms with Crippen LogP contribution in [0.25, 0.3) is 0 Å². The minimum Gasteiger partial charge on any atom is -0.493 e. The van der Waals surface area contributed by atoms with E-state index in [1.807, 2.05) is 17.5 Å². The molecule has 5 heteroatoms. The normalized spacial score (nSPS) is 17.0. The first-order valence-electron chi connectivity index (χ1n) is 9.76. The van der Waals surface area contributed by atoms with Crippen LogP contribution in [0.1, 0.15) is 53.4 Å². The number of ether oxygens (including phenoxy) is 2. The molecule has 0 radical (unpaired) electrons. The van der Waals surface area contributed by atoms with Crippen molar-refractivity contribution in [3.8, 4) is 11.5 Å². The van der Waals surface area contributed by atoms with E-state index in [1.54, 1.807) is 25.6 Å². The van der Waals surface area contributed by atoms with Crippen LogP contribution in [0.5, 0.6) is 11.5 Å². The van der Waals surface area contributed by atoms with Crippen molar-refractivity contribution >= 4 is 17.2 Å². The summed E-state index contributed by atoms with van der Waals surface area (Å²) in [4.78, 5) is 16.2. The second kappa shape index (κ2) is 9.27. The number of hydrogen-bond acceptors (Lipinski definition) is 4. The molecule has 2 heterocycles. The second-order valence-electron chi connectivity index (χ2n) is 7.00. The summed E-state index contributed by atoms with van der Waals surface area (Å²) in [5.41, 5.74) is 2.39. The minimum atomic E-state index is 0.221. The van der Waals surface area contributed by atoms with E-state index < -0.39 is 0 Å². The second-order valence-corrected chi connectivity index (χ2v) is 7.92. The molecule has 1 aliphatic heterocycles. The molecular weight excluding hydrogens is 358 g/mol. The largest absolute Gasteiger partial charge is 0.493 e. The molecular formula is C22H29NO3S. The third-order valence-electron chi connectivity index (χ3n) is 5.42. The Labute approximate surface area is 166 Å². The van der Waals surface area contributed by atoms with Crippen molar-refractivity contribution in [2.24, 2.45) is 0 Å². The Hall–Kier alpha value is -2.01. The van der Waals surface area contributed by atoms with Crippen molar-refractivity contribution in [3.05, 3.63) is 45.6 Å². The maximum absolute atomic E-state index is 13.1. The Morgan fingerprint density at radius 1 is 1.19 bits per heavy atom. The maximum atomic E-state index is 13.1. The van der Waals surface area contributed by atoms with Gasteiger partial charge in [-0.15, -0.1) is 11.3 Å². The molecule has 2 aromatic rings. The number of hydrogen-bond donors (Lipinski definition) is 0. The summed E-state index contributed by atoms with van der Waals surface area (Å²) in [6, 6.07) is 8.48. The van der Waals surface area contributed by atoms with Gasteiger partial charge in [0.1, 0.15) is 0 Å². The van der Waals surface area contributed by atoms with Crippen molar-refractivity contribution in [1.82, 2.24) is 4.90 Å². The summed E-state index contributed by atoms with van der Waals surface area (Å²) in [6.45, 7) is 2.99. The number of rotatable bonds is 7. The first-order chi connectivity index (χ1) is 13.2. The molecule has 0 saturated carbocycles. The van der Waals surface area contributed by atoms with E-state index in [9.17, 15) is 4.79 Å². The molecule has 1 fully saturated rings. The summed E-state index contributed by atoms with van der Waals surface area (Å²) in [7, 11) is 3.31. The van der Waals surface area contributed by atoms with Crippen LogP contribution in [0.4, 0.5) is 0 Å². The van der Waals surface area contributed by atoms with Gasteiger partial charge in [0.05, 0.1) is 19.1 Å². The lowest BCUT2D eigenvalue weighted by Crippen LogP contribution is -2.44. The molecule has 0 bridgehead atoms. The molecule has 1 atom stereocenters. The van der Waals surface area contributed by atoms with Crippen LogP contribution in [-0.4, -0.2) is 37.6 Å². The molecule has 27 heavy (non-hydrogen) atoms. The average molecular weight is 388 g/mol. The summed E-state index contributed by atoms with van der Waals surface area (Å²) < 4.78 is 10.7. The Bertz CT molecular complexity index is 771. The van der Waals surface area contributed by atoms with E-state index in [0.29, 0.717) is 6.04 Å². The molecule has 1 saturated heterocycles. The Morgan fingerprint density at radius 2 is 2.00 bits per heavy atom. The predicted octanol–water partition coefficient (Wildman–Crippen LogP) is 4.96. The number of piperidine rings is 1. The summed E-state index contributed by atoms with van der Waals surface area (Å²) in [6.07, 6.45) is 6.21. The fourth-order valence-electron chi connectivity index (χ4n) is 3.87. The quantitative estimate of drug-likeness (QED) is 0.674. The van der Waals surface area contributed by atoms with Gasteiger partial charge in [-0.2, -0.15) is 0 Å². The van der Waals surface area contributed by atoms with Gasteiger partial charge in [-0.25, -0.2) is 0 Å². The monoisotopic (exact) mass is 387 g/mol. The molecule has 0 N–H and O–H groups in total. The number of aryl methyl sites for hydroxylation is 2. The van der Waals surface area contributed by atoms with Gasteiger partial charge in [-0.3, -0.25) is 4.79 Å².